The monoisotopic (exact) mass is 547 g/mol. The van der Waals surface area contributed by atoms with Crippen LogP contribution in [-0.2, 0) is 29.0 Å². The number of primary amides is 1. The van der Waals surface area contributed by atoms with Gasteiger partial charge in [-0.15, -0.1) is 0 Å². The van der Waals surface area contributed by atoms with Crippen molar-refractivity contribution >= 4 is 34.1 Å². The Morgan fingerprint density at radius 2 is 1.88 bits per heavy atom. The first-order chi connectivity index (χ1) is 19.4. The molecule has 0 unspecified atom stereocenters. The summed E-state index contributed by atoms with van der Waals surface area (Å²) in [6.07, 6.45) is 5.17. The fraction of sp³-hybridized carbons (Fsp3) is 0.452. The summed E-state index contributed by atoms with van der Waals surface area (Å²) in [4.78, 5) is 30.4. The van der Waals surface area contributed by atoms with Gasteiger partial charge in [-0.25, -0.2) is 0 Å². The van der Waals surface area contributed by atoms with E-state index < -0.39 is 5.91 Å². The number of aromatic nitrogens is 1. The average molecular weight is 548 g/mol. The number of hydrogen-bond donors (Lipinski definition) is 3. The summed E-state index contributed by atoms with van der Waals surface area (Å²) in [6, 6.07) is 10.0. The van der Waals surface area contributed by atoms with E-state index >= 15 is 0 Å². The average Bonchev–Trinajstić information content (AvgIpc) is 3.34. The Morgan fingerprint density at radius 1 is 1.10 bits per heavy atom. The Hall–Kier alpha value is -3.85. The first-order valence-corrected chi connectivity index (χ1v) is 14.3. The number of ether oxygens (including phenoxy) is 2. The van der Waals surface area contributed by atoms with Gasteiger partial charge in [-0.2, -0.15) is 0 Å². The van der Waals surface area contributed by atoms with Gasteiger partial charge in [-0.1, -0.05) is 19.1 Å². The maximum atomic E-state index is 12.0. The number of nitrogens with zero attached hydrogens (tertiary/aromatic N) is 2. The second-order valence-corrected chi connectivity index (χ2v) is 9.92. The molecule has 0 radical (unpaired) electrons. The van der Waals surface area contributed by atoms with Crippen LogP contribution in [0.3, 0.4) is 0 Å². The first kappa shape index (κ1) is 29.1. The van der Waals surface area contributed by atoms with E-state index in [9.17, 15) is 9.59 Å². The lowest BCUT2D eigenvalue weighted by molar-refractivity contribution is -0.127. The normalized spacial score (nSPS) is 13.2. The molecule has 4 N–H and O–H groups in total. The smallest absolute Gasteiger partial charge is 0.222 e. The van der Waals surface area contributed by atoms with Gasteiger partial charge in [0.25, 0.3) is 0 Å². The molecular formula is C31H41N5O4. The van der Waals surface area contributed by atoms with E-state index in [-0.39, 0.29) is 12.3 Å². The van der Waals surface area contributed by atoms with E-state index in [0.29, 0.717) is 36.7 Å². The van der Waals surface area contributed by atoms with Crippen LogP contribution in [0.2, 0.25) is 0 Å². The minimum Gasteiger partial charge on any atom is -0.490 e. The molecule has 4 rings (SSSR count). The molecule has 40 heavy (non-hydrogen) atoms. The molecule has 1 aliphatic heterocycles. The molecule has 1 saturated heterocycles. The summed E-state index contributed by atoms with van der Waals surface area (Å²) in [6.45, 7) is 10.3. The highest BCUT2D eigenvalue weighted by atomic mass is 16.5. The molecule has 9 heteroatoms. The topological polar surface area (TPSA) is 119 Å². The van der Waals surface area contributed by atoms with Gasteiger partial charge in [0.1, 0.15) is 0 Å². The Kier molecular flexibility index (Phi) is 10.2. The highest BCUT2D eigenvalue weighted by molar-refractivity contribution is 5.98. The zero-order valence-corrected chi connectivity index (χ0v) is 23.8. The number of hydrogen-bond acceptors (Lipinski definition) is 7. The van der Waals surface area contributed by atoms with Gasteiger partial charge < -0.3 is 30.7 Å². The van der Waals surface area contributed by atoms with Gasteiger partial charge in [0.05, 0.1) is 30.8 Å². The largest absolute Gasteiger partial charge is 0.490 e. The van der Waals surface area contributed by atoms with Crippen LogP contribution < -0.4 is 25.8 Å². The molecule has 0 bridgehead atoms. The molecule has 0 saturated carbocycles. The third kappa shape index (κ3) is 7.01. The van der Waals surface area contributed by atoms with E-state index in [1.807, 2.05) is 36.9 Å². The van der Waals surface area contributed by atoms with Crippen molar-refractivity contribution < 1.29 is 19.1 Å². The predicted molar refractivity (Wildman–Crippen MR) is 158 cm³/mol. The van der Waals surface area contributed by atoms with E-state index in [4.69, 9.17) is 15.2 Å². The highest BCUT2D eigenvalue weighted by Crippen LogP contribution is 2.38. The van der Waals surface area contributed by atoms with E-state index in [2.05, 4.69) is 34.7 Å². The Bertz CT molecular complexity index is 1340. The van der Waals surface area contributed by atoms with Crippen molar-refractivity contribution in [3.8, 4) is 11.5 Å². The zero-order valence-electron chi connectivity index (χ0n) is 23.8. The molecule has 214 valence electrons. The molecule has 1 aliphatic rings. The van der Waals surface area contributed by atoms with Crippen molar-refractivity contribution in [2.24, 2.45) is 5.73 Å². The van der Waals surface area contributed by atoms with Crippen LogP contribution in [0.15, 0.2) is 36.5 Å². The molecule has 0 atom stereocenters. The summed E-state index contributed by atoms with van der Waals surface area (Å²) in [7, 11) is 0. The lowest BCUT2D eigenvalue weighted by atomic mass is 10.0. The summed E-state index contributed by atoms with van der Waals surface area (Å²) in [5.74, 6) is 1.11. The zero-order chi connectivity index (χ0) is 28.5. The molecule has 0 spiro atoms. The third-order valence-corrected chi connectivity index (χ3v) is 7.13. The Balaban J connectivity index is 1.60. The second kappa shape index (κ2) is 14.0. The number of nitrogens with two attached hydrogens (primary N) is 1. The van der Waals surface area contributed by atoms with Crippen molar-refractivity contribution in [3.63, 3.8) is 0 Å². The molecular weight excluding hydrogens is 506 g/mol. The lowest BCUT2D eigenvalue weighted by Crippen LogP contribution is -2.28. The molecule has 9 nitrogen and oxygen atoms in total. The number of anilines is 2. The molecule has 1 aromatic heterocycles. The number of rotatable bonds is 15. The Labute approximate surface area is 236 Å². The van der Waals surface area contributed by atoms with Crippen LogP contribution in [0, 0.1) is 0 Å². The van der Waals surface area contributed by atoms with Crippen molar-refractivity contribution in [1.29, 1.82) is 0 Å². The van der Waals surface area contributed by atoms with Crippen LogP contribution in [0.5, 0.6) is 11.5 Å². The number of benzene rings is 2. The number of nitrogens with one attached hydrogen (secondary N) is 2. The van der Waals surface area contributed by atoms with Crippen LogP contribution in [-0.4, -0.2) is 54.5 Å². The van der Waals surface area contributed by atoms with Crippen molar-refractivity contribution in [2.45, 2.75) is 59.4 Å². The standard InChI is InChI=1S/C31H41N5O4/c1-4-23-21(19-33-13-9-15-36-14-8-12-30(36)38)10-7-11-25(23)35-31-22(16-29(32)37)20-34-26-18-28(40-6-3)27(39-5-2)17-24(26)31/h7,10-11,17-18,20,33H,4-6,8-9,12-16,19H2,1-3H3,(H2,32,37)(H,34,35). The third-order valence-electron chi connectivity index (χ3n) is 7.13. The van der Waals surface area contributed by atoms with Gasteiger partial charge >= 0.3 is 0 Å². The fourth-order valence-corrected chi connectivity index (χ4v) is 5.28. The highest BCUT2D eigenvalue weighted by Gasteiger charge is 2.19. The van der Waals surface area contributed by atoms with Crippen LogP contribution in [0.25, 0.3) is 10.9 Å². The summed E-state index contributed by atoms with van der Waals surface area (Å²) in [5, 5.41) is 8.00. The lowest BCUT2D eigenvalue weighted by Gasteiger charge is -2.20. The number of amides is 2. The van der Waals surface area contributed by atoms with Crippen LogP contribution in [0.1, 0.15) is 56.7 Å². The van der Waals surface area contributed by atoms with E-state index in [1.54, 1.807) is 6.20 Å². The van der Waals surface area contributed by atoms with Crippen molar-refractivity contribution in [3.05, 3.63) is 53.2 Å². The number of carbonyl (C=O) groups excluding carboxylic acids is 2. The minimum absolute atomic E-state index is 0.0602. The molecule has 3 aromatic rings. The molecule has 1 fully saturated rings. The Morgan fingerprint density at radius 3 is 2.55 bits per heavy atom. The summed E-state index contributed by atoms with van der Waals surface area (Å²) >= 11 is 0. The van der Waals surface area contributed by atoms with Gasteiger partial charge in [0.2, 0.25) is 11.8 Å². The molecule has 0 aliphatic carbocycles. The van der Waals surface area contributed by atoms with Gasteiger partial charge in [0.15, 0.2) is 11.5 Å². The second-order valence-electron chi connectivity index (χ2n) is 9.92. The van der Waals surface area contributed by atoms with Gasteiger partial charge in [-0.3, -0.25) is 14.6 Å². The number of pyridine rings is 1. The maximum absolute atomic E-state index is 12.0. The molecule has 2 aromatic carbocycles. The summed E-state index contributed by atoms with van der Waals surface area (Å²) < 4.78 is 11.7. The molecule has 2 amide bonds. The molecule has 2 heterocycles. The number of carbonyl (C=O) groups is 2. The quantitative estimate of drug-likeness (QED) is 0.240. The van der Waals surface area contributed by atoms with Crippen molar-refractivity contribution in [2.75, 3.05) is 38.2 Å². The predicted octanol–water partition coefficient (Wildman–Crippen LogP) is 4.47. The van der Waals surface area contributed by atoms with E-state index in [0.717, 1.165) is 67.7 Å². The van der Waals surface area contributed by atoms with Crippen molar-refractivity contribution in [1.82, 2.24) is 15.2 Å². The number of likely N-dealkylation sites (tertiary alicyclic amines) is 1. The fourth-order valence-electron chi connectivity index (χ4n) is 5.28. The van der Waals surface area contributed by atoms with Gasteiger partial charge in [0, 0.05) is 55.0 Å². The minimum atomic E-state index is -0.426. The van der Waals surface area contributed by atoms with E-state index in [1.165, 1.54) is 11.1 Å². The first-order valence-electron chi connectivity index (χ1n) is 14.3. The summed E-state index contributed by atoms with van der Waals surface area (Å²) in [5.41, 5.74) is 11.2. The van der Waals surface area contributed by atoms with Crippen LogP contribution in [0.4, 0.5) is 11.4 Å². The maximum Gasteiger partial charge on any atom is 0.222 e. The SMILES string of the molecule is CCOc1cc2ncc(CC(N)=O)c(Nc3cccc(CNCCCN4CCCC4=O)c3CC)c2cc1OCC. The van der Waals surface area contributed by atoms with Gasteiger partial charge in [-0.05, 0) is 62.9 Å². The van der Waals surface area contributed by atoms with Crippen LogP contribution >= 0.6 is 0 Å². The number of fused-ring (bicyclic) bond motifs is 1.